The van der Waals surface area contributed by atoms with E-state index in [0.717, 1.165) is 24.1 Å². The zero-order valence-electron chi connectivity index (χ0n) is 10.8. The third-order valence-corrected chi connectivity index (χ3v) is 4.39. The fraction of sp³-hybridized carbons (Fsp3) is 0.500. The van der Waals surface area contributed by atoms with Gasteiger partial charge in [-0.1, -0.05) is 35.0 Å². The van der Waals surface area contributed by atoms with Crippen LogP contribution in [0.4, 0.5) is 0 Å². The van der Waals surface area contributed by atoms with Crippen LogP contribution in [0.1, 0.15) is 18.1 Å². The lowest BCUT2D eigenvalue weighted by molar-refractivity contribution is -0.122. The Hall–Kier alpha value is -0.870. The predicted octanol–water partition coefficient (Wildman–Crippen LogP) is 2.31. The molecule has 1 aliphatic rings. The van der Waals surface area contributed by atoms with Crippen LogP contribution in [-0.4, -0.2) is 23.9 Å². The van der Waals surface area contributed by atoms with Crippen molar-refractivity contribution in [3.05, 3.63) is 33.8 Å². The van der Waals surface area contributed by atoms with Crippen LogP contribution in [0.25, 0.3) is 0 Å². The van der Waals surface area contributed by atoms with E-state index in [4.69, 9.17) is 5.73 Å². The van der Waals surface area contributed by atoms with Crippen LogP contribution in [0.3, 0.4) is 0 Å². The van der Waals surface area contributed by atoms with Crippen molar-refractivity contribution in [1.29, 1.82) is 0 Å². The summed E-state index contributed by atoms with van der Waals surface area (Å²) < 4.78 is 1.14. The van der Waals surface area contributed by atoms with Crippen molar-refractivity contribution in [2.45, 2.75) is 20.4 Å². The van der Waals surface area contributed by atoms with Gasteiger partial charge in [-0.15, -0.1) is 0 Å². The van der Waals surface area contributed by atoms with Gasteiger partial charge >= 0.3 is 0 Å². The zero-order chi connectivity index (χ0) is 13.3. The summed E-state index contributed by atoms with van der Waals surface area (Å²) in [5.74, 6) is 0.175. The van der Waals surface area contributed by atoms with Crippen LogP contribution in [0, 0.1) is 18.8 Å². The summed E-state index contributed by atoms with van der Waals surface area (Å²) in [6, 6.07) is 6.38. The van der Waals surface area contributed by atoms with Gasteiger partial charge in [-0.25, -0.2) is 0 Å². The molecule has 2 rings (SSSR count). The van der Waals surface area contributed by atoms with Crippen molar-refractivity contribution >= 4 is 21.8 Å². The summed E-state index contributed by atoms with van der Waals surface area (Å²) in [6.07, 6.45) is 0. The van der Waals surface area contributed by atoms with Gasteiger partial charge in [-0.3, -0.25) is 9.69 Å². The molecule has 1 aliphatic heterocycles. The first-order valence-corrected chi connectivity index (χ1v) is 7.03. The van der Waals surface area contributed by atoms with E-state index in [0.29, 0.717) is 5.92 Å². The average Bonchev–Trinajstić information content (AvgIpc) is 2.64. The van der Waals surface area contributed by atoms with Crippen LogP contribution < -0.4 is 5.73 Å². The molecule has 0 spiro atoms. The lowest BCUT2D eigenvalue weighted by Gasteiger charge is -2.16. The number of nitrogens with zero attached hydrogens (tertiary/aromatic N) is 1. The average molecular weight is 311 g/mol. The van der Waals surface area contributed by atoms with E-state index < -0.39 is 0 Å². The fourth-order valence-corrected chi connectivity index (χ4v) is 3.21. The lowest BCUT2D eigenvalue weighted by Crippen LogP contribution is -2.29. The Kier molecular flexibility index (Phi) is 4.07. The molecule has 1 aromatic carbocycles. The van der Waals surface area contributed by atoms with Crippen LogP contribution in [-0.2, 0) is 11.3 Å². The molecule has 0 aromatic heterocycles. The molecule has 1 amide bonds. The zero-order valence-corrected chi connectivity index (χ0v) is 12.4. The summed E-state index contributed by atoms with van der Waals surface area (Å²) in [6.45, 7) is 6.76. The van der Waals surface area contributed by atoms with Crippen LogP contribution >= 0.6 is 15.9 Å². The van der Waals surface area contributed by atoms with Gasteiger partial charge in [0.1, 0.15) is 0 Å². The third kappa shape index (κ3) is 2.93. The summed E-state index contributed by atoms with van der Waals surface area (Å²) in [4.78, 5) is 13.6. The highest BCUT2D eigenvalue weighted by atomic mass is 79.9. The number of halogens is 1. The molecule has 3 nitrogen and oxygen atoms in total. The Morgan fingerprint density at radius 2 is 2.22 bits per heavy atom. The Balaban J connectivity index is 2.05. The maximum atomic E-state index is 11.3. The molecule has 1 fully saturated rings. The van der Waals surface area contributed by atoms with Gasteiger partial charge in [0.05, 0.1) is 5.92 Å². The molecule has 2 N–H and O–H groups in total. The summed E-state index contributed by atoms with van der Waals surface area (Å²) in [5, 5.41) is 0. The molecule has 1 saturated heterocycles. The largest absolute Gasteiger partial charge is 0.369 e. The SMILES string of the molecule is Cc1ccc(CN2C[C@@H](C)[C@H](C(N)=O)C2)c(Br)c1. The monoisotopic (exact) mass is 310 g/mol. The Labute approximate surface area is 116 Å². The fourth-order valence-electron chi connectivity index (χ4n) is 2.59. The second-order valence-electron chi connectivity index (χ2n) is 5.28. The highest BCUT2D eigenvalue weighted by molar-refractivity contribution is 9.10. The molecule has 0 bridgehead atoms. The number of rotatable bonds is 3. The second-order valence-corrected chi connectivity index (χ2v) is 6.13. The molecular weight excluding hydrogens is 292 g/mol. The molecule has 0 aliphatic carbocycles. The number of carbonyl (C=O) groups excluding carboxylic acids is 1. The third-order valence-electron chi connectivity index (χ3n) is 3.66. The predicted molar refractivity (Wildman–Crippen MR) is 76.0 cm³/mol. The molecule has 1 aromatic rings. The molecule has 4 heteroatoms. The first-order valence-electron chi connectivity index (χ1n) is 6.24. The van der Waals surface area contributed by atoms with E-state index in [9.17, 15) is 4.79 Å². The smallest absolute Gasteiger partial charge is 0.222 e. The summed E-state index contributed by atoms with van der Waals surface area (Å²) in [5.41, 5.74) is 7.93. The number of carbonyl (C=O) groups is 1. The Morgan fingerprint density at radius 3 is 2.78 bits per heavy atom. The first kappa shape index (κ1) is 13.6. The van der Waals surface area contributed by atoms with E-state index in [1.54, 1.807) is 0 Å². The number of likely N-dealkylation sites (tertiary alicyclic amines) is 1. The molecule has 0 unspecified atom stereocenters. The molecular formula is C14H19BrN2O. The van der Waals surface area contributed by atoms with Crippen molar-refractivity contribution in [2.24, 2.45) is 17.6 Å². The summed E-state index contributed by atoms with van der Waals surface area (Å²) >= 11 is 3.60. The van der Waals surface area contributed by atoms with Crippen LogP contribution in [0.2, 0.25) is 0 Å². The van der Waals surface area contributed by atoms with Gasteiger partial charge < -0.3 is 5.73 Å². The van der Waals surface area contributed by atoms with Gasteiger partial charge in [0.15, 0.2) is 0 Å². The van der Waals surface area contributed by atoms with Crippen LogP contribution in [0.5, 0.6) is 0 Å². The number of aryl methyl sites for hydroxylation is 1. The highest BCUT2D eigenvalue weighted by Gasteiger charge is 2.33. The minimum absolute atomic E-state index is 0.00535. The van der Waals surface area contributed by atoms with Crippen molar-refractivity contribution in [2.75, 3.05) is 13.1 Å². The van der Waals surface area contributed by atoms with Gasteiger partial charge in [-0.2, -0.15) is 0 Å². The van der Waals surface area contributed by atoms with E-state index >= 15 is 0 Å². The number of amides is 1. The van der Waals surface area contributed by atoms with Gasteiger partial charge in [-0.05, 0) is 30.0 Å². The van der Waals surface area contributed by atoms with Crippen molar-refractivity contribution in [3.63, 3.8) is 0 Å². The lowest BCUT2D eigenvalue weighted by atomic mass is 9.98. The van der Waals surface area contributed by atoms with Gasteiger partial charge in [0.2, 0.25) is 5.91 Å². The first-order chi connectivity index (χ1) is 8.47. The topological polar surface area (TPSA) is 46.3 Å². The standard InChI is InChI=1S/C14H19BrN2O/c1-9-3-4-11(13(15)5-9)7-17-6-10(2)12(8-17)14(16)18/h3-5,10,12H,6-8H2,1-2H3,(H2,16,18)/t10-,12-/m1/s1. The van der Waals surface area contributed by atoms with Crippen molar-refractivity contribution < 1.29 is 4.79 Å². The normalized spacial score (nSPS) is 24.4. The minimum Gasteiger partial charge on any atom is -0.369 e. The maximum absolute atomic E-state index is 11.3. The maximum Gasteiger partial charge on any atom is 0.222 e. The second kappa shape index (κ2) is 5.41. The minimum atomic E-state index is -0.173. The quantitative estimate of drug-likeness (QED) is 0.931. The molecule has 0 saturated carbocycles. The molecule has 0 radical (unpaired) electrons. The molecule has 2 atom stereocenters. The van der Waals surface area contributed by atoms with E-state index in [1.807, 2.05) is 0 Å². The van der Waals surface area contributed by atoms with E-state index in [-0.39, 0.29) is 11.8 Å². The number of hydrogen-bond donors (Lipinski definition) is 1. The Morgan fingerprint density at radius 1 is 1.50 bits per heavy atom. The van der Waals surface area contributed by atoms with Gasteiger partial charge in [0.25, 0.3) is 0 Å². The summed E-state index contributed by atoms with van der Waals surface area (Å²) in [7, 11) is 0. The van der Waals surface area contributed by atoms with Crippen molar-refractivity contribution in [3.8, 4) is 0 Å². The number of hydrogen-bond acceptors (Lipinski definition) is 2. The molecule has 1 heterocycles. The number of benzene rings is 1. The highest BCUT2D eigenvalue weighted by Crippen LogP contribution is 2.26. The Bertz CT molecular complexity index is 461. The molecule has 98 valence electrons. The molecule has 18 heavy (non-hydrogen) atoms. The van der Waals surface area contributed by atoms with Gasteiger partial charge in [0, 0.05) is 24.1 Å². The van der Waals surface area contributed by atoms with E-state index in [1.165, 1.54) is 11.1 Å². The van der Waals surface area contributed by atoms with Crippen molar-refractivity contribution in [1.82, 2.24) is 4.90 Å². The van der Waals surface area contributed by atoms with Crippen LogP contribution in [0.15, 0.2) is 22.7 Å². The number of primary amides is 1. The number of nitrogens with two attached hydrogens (primary N) is 1. The van der Waals surface area contributed by atoms with E-state index in [2.05, 4.69) is 52.9 Å².